The highest BCUT2D eigenvalue weighted by Gasteiger charge is 2.62. The molecule has 5 atom stereocenters. The average molecular weight is 661 g/mol. The fraction of sp³-hybridized carbons (Fsp3) is 0.243. The number of carbonyl (C=O) groups excluding carboxylic acids is 4. The first-order valence-corrected chi connectivity index (χ1v) is 15.7. The molecule has 3 aliphatic rings. The van der Waals surface area contributed by atoms with Gasteiger partial charge in [0, 0.05) is 29.0 Å². The van der Waals surface area contributed by atoms with Crippen molar-refractivity contribution in [1.82, 2.24) is 19.2 Å². The van der Waals surface area contributed by atoms with E-state index in [1.807, 2.05) is 0 Å². The molecule has 0 fully saturated rings. The lowest BCUT2D eigenvalue weighted by atomic mass is 9.74. The van der Waals surface area contributed by atoms with E-state index in [4.69, 9.17) is 9.47 Å². The van der Waals surface area contributed by atoms with Gasteiger partial charge in [-0.15, -0.1) is 0 Å². The third-order valence-corrected chi connectivity index (χ3v) is 9.78. The fourth-order valence-corrected chi connectivity index (χ4v) is 7.68. The van der Waals surface area contributed by atoms with E-state index in [0.717, 1.165) is 4.57 Å². The summed E-state index contributed by atoms with van der Waals surface area (Å²) in [5.74, 6) is -5.00. The van der Waals surface area contributed by atoms with Crippen LogP contribution in [0.3, 0.4) is 0 Å². The topological polar surface area (TPSA) is 148 Å². The van der Waals surface area contributed by atoms with Gasteiger partial charge >= 0.3 is 23.3 Å². The van der Waals surface area contributed by atoms with Crippen LogP contribution in [0.15, 0.2) is 123 Å². The summed E-state index contributed by atoms with van der Waals surface area (Å²) in [4.78, 5) is 84.9. The Bertz CT molecular complexity index is 2200. The van der Waals surface area contributed by atoms with Crippen molar-refractivity contribution in [2.45, 2.75) is 31.0 Å². The molecule has 2 aliphatic carbocycles. The molecule has 1 aromatic heterocycles. The second-order valence-electron chi connectivity index (χ2n) is 12.4. The van der Waals surface area contributed by atoms with E-state index in [2.05, 4.69) is 5.32 Å². The number of Topliss-reactive ketones (excluding diaryl/α,β-unsaturated/α-hetero) is 1. The number of methoxy groups -OCH3 is 2. The van der Waals surface area contributed by atoms with Gasteiger partial charge in [-0.05, 0) is 42.3 Å². The Hall–Kier alpha value is -6.04. The van der Waals surface area contributed by atoms with Crippen LogP contribution >= 0.6 is 0 Å². The van der Waals surface area contributed by atoms with Crippen molar-refractivity contribution in [2.24, 2.45) is 11.8 Å². The molecule has 2 heterocycles. The molecular weight excluding hydrogens is 628 g/mol. The minimum absolute atomic E-state index is 0.0462. The Morgan fingerprint density at radius 3 is 2.00 bits per heavy atom. The minimum Gasteiger partial charge on any atom is -0.469 e. The predicted octanol–water partition coefficient (Wildman–Crippen LogP) is 2.92. The van der Waals surface area contributed by atoms with Crippen LogP contribution in [0.2, 0.25) is 0 Å². The molecule has 3 aromatic carbocycles. The maximum atomic E-state index is 15.1. The number of nitrogens with one attached hydrogen (secondary N) is 1. The van der Waals surface area contributed by atoms with Crippen LogP contribution < -0.4 is 16.7 Å². The first-order chi connectivity index (χ1) is 23.6. The first-order valence-electron chi connectivity index (χ1n) is 15.7. The smallest absolute Gasteiger partial charge is 0.352 e. The number of rotatable bonds is 6. The number of nitrogens with zero attached hydrogens (tertiary/aromatic N) is 3. The molecule has 1 amide bonds. The maximum absolute atomic E-state index is 15.1. The van der Waals surface area contributed by atoms with Gasteiger partial charge in [-0.2, -0.15) is 0 Å². The van der Waals surface area contributed by atoms with E-state index in [1.165, 1.54) is 36.6 Å². The van der Waals surface area contributed by atoms with E-state index in [1.54, 1.807) is 91.0 Å². The van der Waals surface area contributed by atoms with Crippen LogP contribution in [0.1, 0.15) is 41.3 Å². The summed E-state index contributed by atoms with van der Waals surface area (Å²) >= 11 is 0. The third-order valence-electron chi connectivity index (χ3n) is 9.78. The zero-order valence-electron chi connectivity index (χ0n) is 26.9. The van der Waals surface area contributed by atoms with Gasteiger partial charge in [0.15, 0.2) is 5.78 Å². The third kappa shape index (κ3) is 4.73. The summed E-state index contributed by atoms with van der Waals surface area (Å²) in [5.41, 5.74) is -1.53. The Balaban J connectivity index is 1.56. The zero-order chi connectivity index (χ0) is 34.6. The largest absolute Gasteiger partial charge is 0.469 e. The van der Waals surface area contributed by atoms with Crippen LogP contribution in [0.25, 0.3) is 5.69 Å². The molecule has 0 saturated heterocycles. The molecule has 0 saturated carbocycles. The number of ketones is 1. The Kier molecular flexibility index (Phi) is 7.65. The standard InChI is InChI=1S/C37H32N4O8/c1-37(38-32(43)22-15-9-5-10-16-22)29-25(34(45)49-3)19-23(33(44)48-2)20-26-27(29)28(31(37)42)30(21-13-7-4-8-14-21)41-36(47)39(35(46)40(26)41)24-17-11-6-12-18-24/h4-19,25-26,29-30H,20H2,1-3H3,(H,38,43)/t25?,26?,29?,30?,37-/m0/s1. The Morgan fingerprint density at radius 1 is 0.796 bits per heavy atom. The van der Waals surface area contributed by atoms with Gasteiger partial charge in [0.25, 0.3) is 5.91 Å². The van der Waals surface area contributed by atoms with Crippen LogP contribution in [0.5, 0.6) is 0 Å². The predicted molar refractivity (Wildman–Crippen MR) is 176 cm³/mol. The van der Waals surface area contributed by atoms with Gasteiger partial charge in [0.2, 0.25) is 0 Å². The summed E-state index contributed by atoms with van der Waals surface area (Å²) in [5, 5.41) is 2.92. The quantitative estimate of drug-likeness (QED) is 0.311. The van der Waals surface area contributed by atoms with Gasteiger partial charge in [-0.25, -0.2) is 28.3 Å². The Morgan fingerprint density at radius 2 is 1.39 bits per heavy atom. The van der Waals surface area contributed by atoms with Crippen molar-refractivity contribution in [3.63, 3.8) is 0 Å². The monoisotopic (exact) mass is 660 g/mol. The molecule has 7 rings (SSSR count). The molecule has 12 heteroatoms. The molecule has 1 aliphatic heterocycles. The molecule has 0 spiro atoms. The van der Waals surface area contributed by atoms with Gasteiger partial charge in [-0.1, -0.05) is 72.8 Å². The zero-order valence-corrected chi connectivity index (χ0v) is 26.9. The normalized spacial score (nSPS) is 23.9. The number of esters is 2. The second-order valence-corrected chi connectivity index (χ2v) is 12.4. The second kappa shape index (κ2) is 11.9. The molecule has 49 heavy (non-hydrogen) atoms. The average Bonchev–Trinajstić information content (AvgIpc) is 3.41. The maximum Gasteiger partial charge on any atom is 0.352 e. The van der Waals surface area contributed by atoms with E-state index < -0.39 is 64.5 Å². The summed E-state index contributed by atoms with van der Waals surface area (Å²) in [6.45, 7) is 1.53. The molecule has 248 valence electrons. The van der Waals surface area contributed by atoms with Crippen LogP contribution in [-0.4, -0.2) is 57.3 Å². The van der Waals surface area contributed by atoms with E-state index in [0.29, 0.717) is 16.8 Å². The summed E-state index contributed by atoms with van der Waals surface area (Å²) in [6, 6.07) is 23.3. The number of hydrogen-bond acceptors (Lipinski definition) is 8. The van der Waals surface area contributed by atoms with Gasteiger partial charge in [0.05, 0.1) is 31.9 Å². The molecule has 12 nitrogen and oxygen atoms in total. The number of carbonyl (C=O) groups is 4. The van der Waals surface area contributed by atoms with Gasteiger partial charge < -0.3 is 14.8 Å². The van der Waals surface area contributed by atoms with Crippen molar-refractivity contribution in [3.05, 3.63) is 146 Å². The van der Waals surface area contributed by atoms with E-state index in [-0.39, 0.29) is 23.1 Å². The van der Waals surface area contributed by atoms with Crippen LogP contribution in [0, 0.1) is 11.8 Å². The molecule has 0 bridgehead atoms. The number of amides is 1. The lowest BCUT2D eigenvalue weighted by Crippen LogP contribution is -2.57. The Labute approximate surface area is 279 Å². The number of para-hydroxylation sites is 1. The number of ether oxygens (including phenoxy) is 2. The number of aromatic nitrogens is 3. The highest BCUT2D eigenvalue weighted by molar-refractivity contribution is 6.12. The number of fused-ring (bicyclic) bond motifs is 2. The highest BCUT2D eigenvalue weighted by atomic mass is 16.5. The van der Waals surface area contributed by atoms with Crippen LogP contribution in [0.4, 0.5) is 0 Å². The molecule has 1 N–H and O–H groups in total. The molecular formula is C37H32N4O8. The van der Waals surface area contributed by atoms with Crippen molar-refractivity contribution >= 4 is 23.6 Å². The minimum atomic E-state index is -1.78. The fourth-order valence-electron chi connectivity index (χ4n) is 7.68. The molecule has 0 radical (unpaired) electrons. The van der Waals surface area contributed by atoms with Crippen molar-refractivity contribution in [3.8, 4) is 5.69 Å². The van der Waals surface area contributed by atoms with Gasteiger partial charge in [-0.3, -0.25) is 14.4 Å². The first kappa shape index (κ1) is 31.6. The highest BCUT2D eigenvalue weighted by Crippen LogP contribution is 2.56. The lowest BCUT2D eigenvalue weighted by molar-refractivity contribution is -0.146. The van der Waals surface area contributed by atoms with E-state index in [9.17, 15) is 24.0 Å². The van der Waals surface area contributed by atoms with Crippen LogP contribution in [-0.2, 0) is 23.9 Å². The molecule has 4 unspecified atom stereocenters. The van der Waals surface area contributed by atoms with Crippen molar-refractivity contribution < 1.29 is 28.7 Å². The van der Waals surface area contributed by atoms with Crippen molar-refractivity contribution in [2.75, 3.05) is 14.2 Å². The summed E-state index contributed by atoms with van der Waals surface area (Å²) < 4.78 is 13.9. The summed E-state index contributed by atoms with van der Waals surface area (Å²) in [6.07, 6.45) is 1.21. The van der Waals surface area contributed by atoms with Gasteiger partial charge in [0.1, 0.15) is 11.6 Å². The van der Waals surface area contributed by atoms with E-state index >= 15 is 4.79 Å². The molecule has 4 aromatic rings. The number of benzene rings is 3. The SMILES string of the molecule is COC(=O)C1=CC(C(=O)OC)C2C3=C(C(=O)[C@@]2(C)NC(=O)c2ccccc2)C(c2ccccc2)n2c(=O)n(-c4ccccc4)c(=O)n2C3C1. The summed E-state index contributed by atoms with van der Waals surface area (Å²) in [7, 11) is 2.39. The van der Waals surface area contributed by atoms with Crippen molar-refractivity contribution in [1.29, 1.82) is 0 Å². The lowest BCUT2D eigenvalue weighted by Gasteiger charge is -2.37. The number of hydrogen-bond donors (Lipinski definition) is 1.